The van der Waals surface area contributed by atoms with Crippen molar-refractivity contribution in [2.75, 3.05) is 25.1 Å². The van der Waals surface area contributed by atoms with Gasteiger partial charge in [0, 0.05) is 17.3 Å². The predicted molar refractivity (Wildman–Crippen MR) is 77.1 cm³/mol. The minimum atomic E-state index is -2.92. The molecule has 3 nitrogen and oxygen atoms in total. The fraction of sp³-hybridized carbons (Fsp3) is 0.538. The number of nitrogens with one attached hydrogen (secondary N) is 1. The molecule has 0 saturated heterocycles. The van der Waals surface area contributed by atoms with Crippen LogP contribution in [0, 0.1) is 0 Å². The number of hydrogen-bond acceptors (Lipinski definition) is 3. The van der Waals surface area contributed by atoms with Crippen molar-refractivity contribution >= 4 is 21.4 Å². The SMILES string of the molecule is CCS(=O)(=O)CCC(CNC)c1ccccc1Cl. The molecule has 102 valence electrons. The quantitative estimate of drug-likeness (QED) is 0.839. The van der Waals surface area contributed by atoms with Gasteiger partial charge in [0.2, 0.25) is 0 Å². The van der Waals surface area contributed by atoms with Crippen LogP contribution in [0.15, 0.2) is 24.3 Å². The van der Waals surface area contributed by atoms with Gasteiger partial charge in [0.25, 0.3) is 0 Å². The number of hydrogen-bond donors (Lipinski definition) is 1. The van der Waals surface area contributed by atoms with Gasteiger partial charge in [-0.25, -0.2) is 8.42 Å². The lowest BCUT2D eigenvalue weighted by Crippen LogP contribution is -2.21. The summed E-state index contributed by atoms with van der Waals surface area (Å²) in [6.07, 6.45) is 0.598. The topological polar surface area (TPSA) is 46.2 Å². The summed E-state index contributed by atoms with van der Waals surface area (Å²) in [6.45, 7) is 2.40. The van der Waals surface area contributed by atoms with Gasteiger partial charge in [0.15, 0.2) is 0 Å². The van der Waals surface area contributed by atoms with Crippen LogP contribution in [0.3, 0.4) is 0 Å². The molecule has 1 atom stereocenters. The van der Waals surface area contributed by atoms with Crippen LogP contribution in [0.5, 0.6) is 0 Å². The minimum Gasteiger partial charge on any atom is -0.319 e. The Bertz CT molecular complexity index is 474. The molecule has 0 radical (unpaired) electrons. The molecule has 0 heterocycles. The van der Waals surface area contributed by atoms with E-state index in [9.17, 15) is 8.42 Å². The van der Waals surface area contributed by atoms with E-state index in [0.717, 1.165) is 12.1 Å². The fourth-order valence-electron chi connectivity index (χ4n) is 1.89. The zero-order valence-corrected chi connectivity index (χ0v) is 12.4. The highest BCUT2D eigenvalue weighted by Crippen LogP contribution is 2.27. The van der Waals surface area contributed by atoms with Gasteiger partial charge in [-0.3, -0.25) is 0 Å². The molecule has 0 saturated carbocycles. The van der Waals surface area contributed by atoms with Gasteiger partial charge in [0.1, 0.15) is 9.84 Å². The predicted octanol–water partition coefficient (Wildman–Crippen LogP) is 2.47. The Morgan fingerprint density at radius 2 is 2.00 bits per heavy atom. The van der Waals surface area contributed by atoms with Crippen LogP contribution in [0.1, 0.15) is 24.8 Å². The molecule has 18 heavy (non-hydrogen) atoms. The van der Waals surface area contributed by atoms with Gasteiger partial charge in [-0.15, -0.1) is 0 Å². The summed E-state index contributed by atoms with van der Waals surface area (Å²) in [7, 11) is -1.07. The van der Waals surface area contributed by atoms with E-state index in [4.69, 9.17) is 11.6 Å². The van der Waals surface area contributed by atoms with E-state index in [1.165, 1.54) is 0 Å². The molecule has 0 aliphatic rings. The number of rotatable bonds is 7. The van der Waals surface area contributed by atoms with E-state index in [-0.39, 0.29) is 17.4 Å². The molecule has 1 aromatic carbocycles. The highest BCUT2D eigenvalue weighted by Gasteiger charge is 2.17. The standard InChI is InChI=1S/C13H20ClNO2S/c1-3-18(16,17)9-8-11(10-15-2)12-6-4-5-7-13(12)14/h4-7,11,15H,3,8-10H2,1-2H3. The molecular formula is C13H20ClNO2S. The van der Waals surface area contributed by atoms with Crippen LogP contribution < -0.4 is 5.32 Å². The maximum Gasteiger partial charge on any atom is 0.150 e. The van der Waals surface area contributed by atoms with Crippen LogP contribution in [0.4, 0.5) is 0 Å². The van der Waals surface area contributed by atoms with Crippen LogP contribution in [0.25, 0.3) is 0 Å². The highest BCUT2D eigenvalue weighted by molar-refractivity contribution is 7.91. The van der Waals surface area contributed by atoms with Crippen LogP contribution in [-0.2, 0) is 9.84 Å². The second kappa shape index (κ2) is 7.12. The van der Waals surface area contributed by atoms with E-state index < -0.39 is 9.84 Å². The third-order valence-corrected chi connectivity index (χ3v) is 5.09. The summed E-state index contributed by atoms with van der Waals surface area (Å²) >= 11 is 6.16. The number of likely N-dealkylation sites (N-methyl/N-ethyl adjacent to an activating group) is 1. The average molecular weight is 290 g/mol. The molecular weight excluding hydrogens is 270 g/mol. The molecule has 0 spiro atoms. The maximum absolute atomic E-state index is 11.6. The second-order valence-corrected chi connectivity index (χ2v) is 7.18. The molecule has 0 aliphatic heterocycles. The van der Waals surface area contributed by atoms with Crippen molar-refractivity contribution in [1.29, 1.82) is 0 Å². The third kappa shape index (κ3) is 4.59. The molecule has 1 aromatic rings. The van der Waals surface area contributed by atoms with E-state index in [2.05, 4.69) is 5.32 Å². The highest BCUT2D eigenvalue weighted by atomic mass is 35.5. The van der Waals surface area contributed by atoms with Gasteiger partial charge in [-0.05, 0) is 31.0 Å². The van der Waals surface area contributed by atoms with Crippen molar-refractivity contribution in [3.63, 3.8) is 0 Å². The Balaban J connectivity index is 2.81. The monoisotopic (exact) mass is 289 g/mol. The summed E-state index contributed by atoms with van der Waals surface area (Å²) in [4.78, 5) is 0. The number of benzene rings is 1. The third-order valence-electron chi connectivity index (χ3n) is 3.01. The van der Waals surface area contributed by atoms with Crippen LogP contribution in [-0.4, -0.2) is 33.5 Å². The number of halogens is 1. The fourth-order valence-corrected chi connectivity index (χ4v) is 3.11. The Morgan fingerprint density at radius 3 is 2.56 bits per heavy atom. The average Bonchev–Trinajstić information content (AvgIpc) is 2.35. The molecule has 5 heteroatoms. The Hall–Kier alpha value is -0.580. The first kappa shape index (κ1) is 15.5. The Labute approximate surface area is 114 Å². The minimum absolute atomic E-state index is 0.130. The first-order valence-electron chi connectivity index (χ1n) is 6.09. The van der Waals surface area contributed by atoms with Crippen LogP contribution in [0.2, 0.25) is 5.02 Å². The zero-order valence-electron chi connectivity index (χ0n) is 10.8. The molecule has 0 fully saturated rings. The van der Waals surface area contributed by atoms with Crippen molar-refractivity contribution in [2.24, 2.45) is 0 Å². The summed E-state index contributed by atoms with van der Waals surface area (Å²) in [5.74, 6) is 0.535. The summed E-state index contributed by atoms with van der Waals surface area (Å²) in [6, 6.07) is 7.61. The van der Waals surface area contributed by atoms with E-state index in [1.807, 2.05) is 31.3 Å². The first-order valence-corrected chi connectivity index (χ1v) is 8.29. The normalized spacial score (nSPS) is 13.5. The molecule has 0 aromatic heterocycles. The van der Waals surface area contributed by atoms with Gasteiger partial charge in [-0.2, -0.15) is 0 Å². The zero-order chi connectivity index (χ0) is 13.6. The smallest absolute Gasteiger partial charge is 0.150 e. The number of sulfone groups is 1. The lowest BCUT2D eigenvalue weighted by molar-refractivity contribution is 0.575. The van der Waals surface area contributed by atoms with Crippen molar-refractivity contribution in [3.8, 4) is 0 Å². The summed E-state index contributed by atoms with van der Waals surface area (Å²) < 4.78 is 23.1. The molecule has 0 bridgehead atoms. The van der Waals surface area contributed by atoms with Crippen molar-refractivity contribution in [1.82, 2.24) is 5.32 Å². The molecule has 1 N–H and O–H groups in total. The summed E-state index contributed by atoms with van der Waals surface area (Å²) in [5.41, 5.74) is 1.01. The van der Waals surface area contributed by atoms with Gasteiger partial charge in [0.05, 0.1) is 5.75 Å². The van der Waals surface area contributed by atoms with E-state index in [1.54, 1.807) is 6.92 Å². The second-order valence-electron chi connectivity index (χ2n) is 4.30. The Morgan fingerprint density at radius 1 is 1.33 bits per heavy atom. The maximum atomic E-state index is 11.6. The van der Waals surface area contributed by atoms with Crippen molar-refractivity contribution < 1.29 is 8.42 Å². The van der Waals surface area contributed by atoms with Gasteiger partial charge < -0.3 is 5.32 Å². The lowest BCUT2D eigenvalue weighted by atomic mass is 9.96. The first-order chi connectivity index (χ1) is 8.50. The molecule has 1 rings (SSSR count). The van der Waals surface area contributed by atoms with Gasteiger partial charge in [-0.1, -0.05) is 36.7 Å². The summed E-state index contributed by atoms with van der Waals surface area (Å²) in [5, 5.41) is 3.79. The molecule has 0 amide bonds. The molecule has 1 unspecified atom stereocenters. The van der Waals surface area contributed by atoms with Crippen molar-refractivity contribution in [3.05, 3.63) is 34.9 Å². The Kier molecular flexibility index (Phi) is 6.12. The van der Waals surface area contributed by atoms with E-state index in [0.29, 0.717) is 11.4 Å². The van der Waals surface area contributed by atoms with Crippen molar-refractivity contribution in [2.45, 2.75) is 19.3 Å². The lowest BCUT2D eigenvalue weighted by Gasteiger charge is -2.18. The van der Waals surface area contributed by atoms with E-state index >= 15 is 0 Å². The van der Waals surface area contributed by atoms with Gasteiger partial charge >= 0.3 is 0 Å². The largest absolute Gasteiger partial charge is 0.319 e. The molecule has 0 aliphatic carbocycles. The van der Waals surface area contributed by atoms with Crippen LogP contribution >= 0.6 is 11.6 Å².